The number of amides is 1. The van der Waals surface area contributed by atoms with E-state index in [-0.39, 0.29) is 11.8 Å². The fraction of sp³-hybridized carbons (Fsp3) is 0.304. The Morgan fingerprint density at radius 1 is 1.10 bits per heavy atom. The van der Waals surface area contributed by atoms with Crippen LogP contribution in [0.1, 0.15) is 25.1 Å². The molecule has 1 amide bonds. The quantitative estimate of drug-likeness (QED) is 0.367. The normalized spacial score (nSPS) is 14.5. The van der Waals surface area contributed by atoms with Crippen LogP contribution in [0.5, 0.6) is 0 Å². The molecule has 2 aromatic carbocycles. The number of hydrogen-bond donors (Lipinski definition) is 1. The Bertz CT molecular complexity index is 1020. The van der Waals surface area contributed by atoms with E-state index < -0.39 is 12.0 Å². The Morgan fingerprint density at radius 2 is 1.74 bits per heavy atom. The van der Waals surface area contributed by atoms with E-state index in [1.807, 2.05) is 44.2 Å². The molecule has 1 aromatic heterocycles. The molecule has 0 fully saturated rings. The van der Waals surface area contributed by atoms with Crippen molar-refractivity contribution >= 4 is 57.6 Å². The van der Waals surface area contributed by atoms with E-state index in [0.29, 0.717) is 23.0 Å². The summed E-state index contributed by atoms with van der Waals surface area (Å²) < 4.78 is 4.83. The molecule has 1 N–H and O–H groups in total. The number of aromatic amines is 1. The van der Waals surface area contributed by atoms with E-state index in [0.717, 1.165) is 22.2 Å². The van der Waals surface area contributed by atoms with Crippen LogP contribution in [0.4, 0.5) is 0 Å². The van der Waals surface area contributed by atoms with Gasteiger partial charge < -0.3 is 14.6 Å². The number of carbonyl (C=O) groups excluding carboxylic acids is 2. The van der Waals surface area contributed by atoms with Crippen LogP contribution in [0, 0.1) is 0 Å². The summed E-state index contributed by atoms with van der Waals surface area (Å²) in [5.74, 6) is -0.830. The lowest BCUT2D eigenvalue weighted by molar-refractivity contribution is -0.153. The Balaban J connectivity index is 0.000000286. The molecule has 0 saturated carbocycles. The molecule has 0 saturated heterocycles. The minimum atomic E-state index is -0.618. The zero-order valence-corrected chi connectivity index (χ0v) is 19.9. The second-order valence-electron chi connectivity index (χ2n) is 6.47. The highest BCUT2D eigenvalue weighted by molar-refractivity contribution is 6.34. The molecule has 1 atom stereocenters. The minimum Gasteiger partial charge on any atom is -0.467 e. The van der Waals surface area contributed by atoms with Gasteiger partial charge in [0, 0.05) is 33.1 Å². The van der Waals surface area contributed by atoms with E-state index in [1.165, 1.54) is 12.0 Å². The molecule has 166 valence electrons. The SMILES string of the molecule is CC.COC(=O)C1Cc2c([nH]c3ccccc23)CN1C(=O)CCl.Clc1cccc(Cl)c1. The summed E-state index contributed by atoms with van der Waals surface area (Å²) in [6, 6.07) is 14.4. The van der Waals surface area contributed by atoms with Crippen LogP contribution in [-0.4, -0.2) is 40.8 Å². The summed E-state index contributed by atoms with van der Waals surface area (Å²) in [6.07, 6.45) is 0.439. The number of methoxy groups -OCH3 is 1. The first-order valence-electron chi connectivity index (χ1n) is 9.87. The number of carbonyl (C=O) groups is 2. The smallest absolute Gasteiger partial charge is 0.328 e. The molecule has 0 spiro atoms. The summed E-state index contributed by atoms with van der Waals surface area (Å²) in [7, 11) is 1.33. The predicted octanol–water partition coefficient (Wildman–Crippen LogP) is 5.85. The molecule has 8 heteroatoms. The van der Waals surface area contributed by atoms with Gasteiger partial charge in [0.2, 0.25) is 5.91 Å². The number of H-pyrrole nitrogens is 1. The number of benzene rings is 2. The van der Waals surface area contributed by atoms with E-state index in [1.54, 1.807) is 18.2 Å². The third-order valence-corrected chi connectivity index (χ3v) is 5.40. The highest BCUT2D eigenvalue weighted by Gasteiger charge is 2.36. The molecule has 4 rings (SSSR count). The Labute approximate surface area is 197 Å². The molecule has 1 aliphatic rings. The van der Waals surface area contributed by atoms with Crippen molar-refractivity contribution in [2.75, 3.05) is 13.0 Å². The molecule has 31 heavy (non-hydrogen) atoms. The summed E-state index contributed by atoms with van der Waals surface area (Å²) >= 11 is 16.8. The lowest BCUT2D eigenvalue weighted by Crippen LogP contribution is -2.49. The average Bonchev–Trinajstić information content (AvgIpc) is 3.16. The van der Waals surface area contributed by atoms with Crippen molar-refractivity contribution in [2.45, 2.75) is 32.9 Å². The first kappa shape index (κ1) is 25.1. The fourth-order valence-corrected chi connectivity index (χ4v) is 3.94. The molecule has 3 aromatic rings. The first-order chi connectivity index (χ1) is 14.9. The molecule has 0 aliphatic carbocycles. The van der Waals surface area contributed by atoms with Gasteiger partial charge in [0.05, 0.1) is 13.7 Å². The summed E-state index contributed by atoms with van der Waals surface area (Å²) in [4.78, 5) is 28.8. The van der Waals surface area contributed by atoms with Crippen molar-refractivity contribution in [3.63, 3.8) is 0 Å². The minimum absolute atomic E-state index is 0.150. The van der Waals surface area contributed by atoms with E-state index >= 15 is 0 Å². The Hall–Kier alpha value is -2.21. The van der Waals surface area contributed by atoms with Crippen molar-refractivity contribution in [1.29, 1.82) is 0 Å². The predicted molar refractivity (Wildman–Crippen MR) is 127 cm³/mol. The first-order valence-corrected chi connectivity index (χ1v) is 11.2. The Morgan fingerprint density at radius 3 is 2.29 bits per heavy atom. The lowest BCUT2D eigenvalue weighted by atomic mass is 9.96. The van der Waals surface area contributed by atoms with Gasteiger partial charge >= 0.3 is 5.97 Å². The molecule has 0 bridgehead atoms. The molecular formula is C23H25Cl3N2O3. The van der Waals surface area contributed by atoms with Crippen molar-refractivity contribution in [1.82, 2.24) is 9.88 Å². The number of alkyl halides is 1. The fourth-order valence-electron chi connectivity index (χ4n) is 3.35. The van der Waals surface area contributed by atoms with Crippen LogP contribution in [0.25, 0.3) is 10.9 Å². The highest BCUT2D eigenvalue weighted by atomic mass is 35.5. The van der Waals surface area contributed by atoms with Gasteiger partial charge in [0.25, 0.3) is 0 Å². The third kappa shape index (κ3) is 6.16. The van der Waals surface area contributed by atoms with Crippen LogP contribution in [0.2, 0.25) is 10.0 Å². The van der Waals surface area contributed by atoms with Gasteiger partial charge in [-0.25, -0.2) is 4.79 Å². The van der Waals surface area contributed by atoms with E-state index in [9.17, 15) is 9.59 Å². The van der Waals surface area contributed by atoms with Gasteiger partial charge in [0.1, 0.15) is 11.9 Å². The molecular weight excluding hydrogens is 459 g/mol. The number of fused-ring (bicyclic) bond motifs is 3. The number of halogens is 3. The van der Waals surface area contributed by atoms with Crippen molar-refractivity contribution < 1.29 is 14.3 Å². The summed E-state index contributed by atoms with van der Waals surface area (Å²) in [5, 5.41) is 2.44. The molecule has 1 aliphatic heterocycles. The van der Waals surface area contributed by atoms with Gasteiger partial charge in [-0.15, -0.1) is 11.6 Å². The second kappa shape index (κ2) is 12.0. The number of ether oxygens (including phenoxy) is 1. The highest BCUT2D eigenvalue weighted by Crippen LogP contribution is 2.30. The van der Waals surface area contributed by atoms with Crippen LogP contribution in [0.3, 0.4) is 0 Å². The maximum Gasteiger partial charge on any atom is 0.328 e. The van der Waals surface area contributed by atoms with Gasteiger partial charge in [-0.3, -0.25) is 4.79 Å². The van der Waals surface area contributed by atoms with Crippen molar-refractivity contribution in [3.8, 4) is 0 Å². The number of aromatic nitrogens is 1. The van der Waals surface area contributed by atoms with Crippen molar-refractivity contribution in [3.05, 3.63) is 69.8 Å². The topological polar surface area (TPSA) is 62.4 Å². The molecule has 0 radical (unpaired) electrons. The van der Waals surface area contributed by atoms with Crippen LogP contribution < -0.4 is 0 Å². The van der Waals surface area contributed by atoms with Gasteiger partial charge in [-0.2, -0.15) is 0 Å². The average molecular weight is 484 g/mol. The second-order valence-corrected chi connectivity index (χ2v) is 7.61. The van der Waals surface area contributed by atoms with Crippen LogP contribution in [0.15, 0.2) is 48.5 Å². The molecule has 2 heterocycles. The van der Waals surface area contributed by atoms with Crippen LogP contribution in [-0.2, 0) is 27.3 Å². The maximum absolute atomic E-state index is 12.0. The van der Waals surface area contributed by atoms with Crippen LogP contribution >= 0.6 is 34.8 Å². The largest absolute Gasteiger partial charge is 0.467 e. The molecule has 1 unspecified atom stereocenters. The van der Waals surface area contributed by atoms with Gasteiger partial charge in [-0.1, -0.05) is 61.3 Å². The number of rotatable bonds is 2. The third-order valence-electron chi connectivity index (χ3n) is 4.70. The van der Waals surface area contributed by atoms with Gasteiger partial charge in [0.15, 0.2) is 0 Å². The van der Waals surface area contributed by atoms with Crippen molar-refractivity contribution in [2.24, 2.45) is 0 Å². The van der Waals surface area contributed by atoms with E-state index in [2.05, 4.69) is 4.98 Å². The number of esters is 1. The number of nitrogens with zero attached hydrogens (tertiary/aromatic N) is 1. The Kier molecular flexibility index (Phi) is 9.69. The molecule has 5 nitrogen and oxygen atoms in total. The number of para-hydroxylation sites is 1. The zero-order chi connectivity index (χ0) is 23.0. The number of nitrogens with one attached hydrogen (secondary N) is 1. The van der Waals surface area contributed by atoms with E-state index in [4.69, 9.17) is 39.5 Å². The number of hydrogen-bond acceptors (Lipinski definition) is 3. The summed E-state index contributed by atoms with van der Waals surface area (Å²) in [5.41, 5.74) is 3.03. The standard InChI is InChI=1S/C15H15ClN2O3.C6H4Cl2.C2H6/c1-21-15(20)13-6-10-9-4-2-3-5-11(9)17-12(10)8-18(13)14(19)7-16;7-5-2-1-3-6(8)4-5;1-2/h2-5,13,17H,6-8H2,1H3;1-4H;1-2H3. The monoisotopic (exact) mass is 482 g/mol. The summed E-state index contributed by atoms with van der Waals surface area (Å²) in [6.45, 7) is 4.34. The van der Waals surface area contributed by atoms with Gasteiger partial charge in [-0.05, 0) is 29.8 Å². The lowest BCUT2D eigenvalue weighted by Gasteiger charge is -2.33. The maximum atomic E-state index is 12.0. The zero-order valence-electron chi connectivity index (χ0n) is 17.6.